The van der Waals surface area contributed by atoms with E-state index in [0.717, 1.165) is 24.8 Å². The van der Waals surface area contributed by atoms with Gasteiger partial charge in [-0.1, -0.05) is 0 Å². The molecular weight excluding hydrogens is 524 g/mol. The predicted molar refractivity (Wildman–Crippen MR) is 121 cm³/mol. The molecule has 0 bridgehead atoms. The Balaban J connectivity index is 1.26. The van der Waals surface area contributed by atoms with Crippen LogP contribution in [0.25, 0.3) is 10.9 Å². The first kappa shape index (κ1) is 27.3. The van der Waals surface area contributed by atoms with Gasteiger partial charge in [0, 0.05) is 51.3 Å². The number of nitrogens with zero attached hydrogens (tertiary/aromatic N) is 6. The molecule has 3 aromatic rings. The third kappa shape index (κ3) is 5.89. The number of aromatic amines is 1. The molecule has 10 nitrogen and oxygen atoms in total. The van der Waals surface area contributed by atoms with Crippen molar-refractivity contribution in [2.45, 2.75) is 37.8 Å². The van der Waals surface area contributed by atoms with Crippen molar-refractivity contribution in [2.24, 2.45) is 0 Å². The van der Waals surface area contributed by atoms with Gasteiger partial charge in [0.25, 0.3) is 5.56 Å². The minimum Gasteiger partial charge on any atom is -0.370 e. The fourth-order valence-electron chi connectivity index (χ4n) is 4.27. The van der Waals surface area contributed by atoms with Gasteiger partial charge in [0.15, 0.2) is 0 Å². The lowest BCUT2D eigenvalue weighted by atomic mass is 10.0. The van der Waals surface area contributed by atoms with Gasteiger partial charge in [0.2, 0.25) is 11.9 Å². The number of carbonyl (C=O) groups is 1. The number of anilines is 1. The van der Waals surface area contributed by atoms with Crippen LogP contribution < -0.4 is 10.5 Å². The third-order valence-electron chi connectivity index (χ3n) is 6.36. The average molecular weight is 547 g/mol. The number of carbonyl (C=O) groups excluding carboxylic acids is 1. The van der Waals surface area contributed by atoms with E-state index in [1.54, 1.807) is 11.9 Å². The first-order valence-electron chi connectivity index (χ1n) is 11.5. The summed E-state index contributed by atoms with van der Waals surface area (Å²) in [6.45, 7) is 0.439. The minimum atomic E-state index is -4.73. The van der Waals surface area contributed by atoms with Gasteiger partial charge in [-0.2, -0.15) is 31.4 Å². The van der Waals surface area contributed by atoms with Crippen LogP contribution in [0.2, 0.25) is 0 Å². The fourth-order valence-corrected chi connectivity index (χ4v) is 4.27. The first-order valence-corrected chi connectivity index (χ1v) is 11.5. The number of hydrogen-bond donors (Lipinski definition) is 1. The Kier molecular flexibility index (Phi) is 7.62. The Morgan fingerprint density at radius 2 is 1.76 bits per heavy atom. The Morgan fingerprint density at radius 3 is 2.37 bits per heavy atom. The van der Waals surface area contributed by atoms with E-state index >= 15 is 0 Å². The highest BCUT2D eigenvalue weighted by Gasteiger charge is 2.36. The maximum atomic E-state index is 13.3. The van der Waals surface area contributed by atoms with Crippen LogP contribution in [-0.2, 0) is 28.4 Å². The van der Waals surface area contributed by atoms with Gasteiger partial charge in [0.05, 0.1) is 34.8 Å². The van der Waals surface area contributed by atoms with Crippen LogP contribution in [0.4, 0.5) is 32.3 Å². The van der Waals surface area contributed by atoms with E-state index in [1.165, 1.54) is 9.47 Å². The van der Waals surface area contributed by atoms with Gasteiger partial charge in [-0.3, -0.25) is 9.59 Å². The average Bonchev–Trinajstić information content (AvgIpc) is 3.26. The smallest absolute Gasteiger partial charge is 0.370 e. The van der Waals surface area contributed by atoms with Crippen LogP contribution in [-0.4, -0.2) is 74.9 Å². The summed E-state index contributed by atoms with van der Waals surface area (Å²) >= 11 is 0. The molecule has 1 saturated heterocycles. The van der Waals surface area contributed by atoms with E-state index in [9.17, 15) is 35.9 Å². The number of ether oxygens (including phenoxy) is 1. The van der Waals surface area contributed by atoms with E-state index in [-0.39, 0.29) is 43.2 Å². The van der Waals surface area contributed by atoms with Crippen molar-refractivity contribution >= 4 is 22.8 Å². The molecule has 0 radical (unpaired) electrons. The van der Waals surface area contributed by atoms with Gasteiger partial charge in [0.1, 0.15) is 6.61 Å². The predicted octanol–water partition coefficient (Wildman–Crippen LogP) is 2.70. The Labute approximate surface area is 211 Å². The number of halogens is 6. The van der Waals surface area contributed by atoms with Crippen LogP contribution in [0.3, 0.4) is 0 Å². The number of rotatable bonds is 7. The Morgan fingerprint density at radius 1 is 1.11 bits per heavy atom. The van der Waals surface area contributed by atoms with Crippen molar-refractivity contribution in [3.63, 3.8) is 0 Å². The van der Waals surface area contributed by atoms with Crippen LogP contribution in [0, 0.1) is 0 Å². The summed E-state index contributed by atoms with van der Waals surface area (Å²) in [6.07, 6.45) is -4.79. The summed E-state index contributed by atoms with van der Waals surface area (Å²) in [4.78, 5) is 35.3. The molecule has 16 heteroatoms. The van der Waals surface area contributed by atoms with E-state index < -0.39 is 34.4 Å². The zero-order chi connectivity index (χ0) is 27.7. The van der Waals surface area contributed by atoms with Crippen molar-refractivity contribution in [2.75, 3.05) is 38.3 Å². The maximum Gasteiger partial charge on any atom is 0.419 e. The van der Waals surface area contributed by atoms with Crippen LogP contribution in [0.15, 0.2) is 29.6 Å². The molecule has 1 N–H and O–H groups in total. The number of alkyl halides is 6. The number of aromatic nitrogens is 5. The largest absolute Gasteiger partial charge is 0.419 e. The number of nitrogens with one attached hydrogen (secondary N) is 1. The molecule has 38 heavy (non-hydrogen) atoms. The summed E-state index contributed by atoms with van der Waals surface area (Å²) < 4.78 is 84.7. The number of likely N-dealkylation sites (N-methyl/N-ethyl adjacent to an activating group) is 1. The number of hydrogen-bond acceptors (Lipinski definition) is 7. The number of fused-ring (bicyclic) bond motifs is 1. The zero-order valence-corrected chi connectivity index (χ0v) is 20.0. The molecule has 0 aromatic carbocycles. The van der Waals surface area contributed by atoms with E-state index in [2.05, 4.69) is 15.1 Å². The summed E-state index contributed by atoms with van der Waals surface area (Å²) in [5.41, 5.74) is -2.98. The van der Waals surface area contributed by atoms with Crippen LogP contribution in [0.1, 0.15) is 24.0 Å². The minimum absolute atomic E-state index is 0.00287. The summed E-state index contributed by atoms with van der Waals surface area (Å²) in [5.74, 6) is -0.155. The second-order valence-corrected chi connectivity index (χ2v) is 8.74. The molecule has 1 aliphatic heterocycles. The van der Waals surface area contributed by atoms with Crippen molar-refractivity contribution in [1.82, 2.24) is 29.6 Å². The molecule has 3 aromatic heterocycles. The van der Waals surface area contributed by atoms with Gasteiger partial charge in [-0.25, -0.2) is 15.1 Å². The summed E-state index contributed by atoms with van der Waals surface area (Å²) in [5, 5.41) is 5.03. The molecule has 4 heterocycles. The van der Waals surface area contributed by atoms with E-state index in [1.807, 2.05) is 5.10 Å². The monoisotopic (exact) mass is 547 g/mol. The number of H-pyrrole nitrogens is 1. The van der Waals surface area contributed by atoms with Gasteiger partial charge in [-0.15, -0.1) is 0 Å². The quantitative estimate of drug-likeness (QED) is 0.358. The second kappa shape index (κ2) is 10.6. The Hall–Kier alpha value is -3.69. The topological polar surface area (TPSA) is 109 Å². The lowest BCUT2D eigenvalue weighted by molar-refractivity contribution is -0.138. The molecule has 0 unspecified atom stereocenters. The highest BCUT2D eigenvalue weighted by atomic mass is 19.4. The molecule has 0 spiro atoms. The van der Waals surface area contributed by atoms with E-state index in [4.69, 9.17) is 4.74 Å². The van der Waals surface area contributed by atoms with Crippen molar-refractivity contribution in [1.29, 1.82) is 0 Å². The lowest BCUT2D eigenvalue weighted by Crippen LogP contribution is -2.47. The molecule has 4 rings (SSSR count). The van der Waals surface area contributed by atoms with Crippen molar-refractivity contribution in [3.05, 3.63) is 46.3 Å². The highest BCUT2D eigenvalue weighted by molar-refractivity contribution is 5.82. The molecule has 1 amide bonds. The standard InChI is InChI=1S/C22H23F6N7O3/c1-33(14-2-4-34(5-3-14)20-29-8-13(9-30-20)21(23,24)25)17(36)12-38-7-6-35-11-15(22(26,27)28)18-16(35)10-31-32-19(18)37/h8-11,14H,2-7,12H2,1H3,(H,32,37). The molecule has 0 saturated carbocycles. The molecule has 1 aliphatic rings. The second-order valence-electron chi connectivity index (χ2n) is 8.74. The van der Waals surface area contributed by atoms with Crippen LogP contribution in [0.5, 0.6) is 0 Å². The molecule has 1 fully saturated rings. The molecule has 0 atom stereocenters. The highest BCUT2D eigenvalue weighted by Crippen LogP contribution is 2.34. The lowest BCUT2D eigenvalue weighted by Gasteiger charge is -2.36. The van der Waals surface area contributed by atoms with Crippen LogP contribution >= 0.6 is 0 Å². The first-order chi connectivity index (χ1) is 17.9. The molecule has 206 valence electrons. The fraction of sp³-hybridized carbons (Fsp3) is 0.500. The SMILES string of the molecule is CN(C(=O)COCCn1cc(C(F)(F)F)c2c(=O)[nH]ncc21)C1CCN(c2ncc(C(F)(F)F)cn2)CC1. The van der Waals surface area contributed by atoms with Gasteiger partial charge < -0.3 is 19.1 Å². The number of amides is 1. The third-order valence-corrected chi connectivity index (χ3v) is 6.36. The molecule has 0 aliphatic carbocycles. The zero-order valence-electron chi connectivity index (χ0n) is 20.0. The maximum absolute atomic E-state index is 13.3. The van der Waals surface area contributed by atoms with Crippen molar-refractivity contribution < 1.29 is 35.9 Å². The summed E-state index contributed by atoms with van der Waals surface area (Å²) in [7, 11) is 1.60. The number of piperidine rings is 1. The van der Waals surface area contributed by atoms with Crippen molar-refractivity contribution in [3.8, 4) is 0 Å². The molecular formula is C22H23F6N7O3. The normalized spacial score (nSPS) is 15.3. The van der Waals surface area contributed by atoms with Gasteiger partial charge >= 0.3 is 12.4 Å². The van der Waals surface area contributed by atoms with E-state index in [0.29, 0.717) is 25.9 Å². The Bertz CT molecular complexity index is 1330. The summed E-state index contributed by atoms with van der Waals surface area (Å²) in [6, 6.07) is -0.141. The van der Waals surface area contributed by atoms with Gasteiger partial charge in [-0.05, 0) is 12.8 Å².